The van der Waals surface area contributed by atoms with Gasteiger partial charge in [0.2, 0.25) is 0 Å². The van der Waals surface area contributed by atoms with Crippen molar-refractivity contribution >= 4 is 17.9 Å². The molecule has 0 aromatic heterocycles. The predicted molar refractivity (Wildman–Crippen MR) is 309 cm³/mol. The van der Waals surface area contributed by atoms with Gasteiger partial charge in [0.25, 0.3) is 6.29 Å². The first kappa shape index (κ1) is 69.7. The number of carboxylic acid groups (broad SMARTS) is 1. The molecule has 0 saturated carbocycles. The number of rotatable bonds is 55. The van der Waals surface area contributed by atoms with Crippen LogP contribution >= 0.6 is 0 Å². The van der Waals surface area contributed by atoms with Crippen molar-refractivity contribution in [3.8, 4) is 0 Å². The van der Waals surface area contributed by atoms with E-state index < -0.39 is 24.3 Å². The van der Waals surface area contributed by atoms with Gasteiger partial charge in [-0.05, 0) is 83.5 Å². The van der Waals surface area contributed by atoms with E-state index in [0.29, 0.717) is 17.4 Å². The number of quaternary nitrogens is 1. The molecule has 422 valence electrons. The number of carbonyl (C=O) groups is 3. The van der Waals surface area contributed by atoms with Crippen molar-refractivity contribution in [2.45, 2.75) is 270 Å². The number of likely N-dealkylation sites (N-methyl/N-ethyl adjacent to an activating group) is 1. The highest BCUT2D eigenvalue weighted by molar-refractivity contribution is 5.71. The number of ether oxygens (including phenoxy) is 4. The lowest BCUT2D eigenvalue weighted by atomic mass is 10.0. The third-order valence-corrected chi connectivity index (χ3v) is 12.9. The van der Waals surface area contributed by atoms with Gasteiger partial charge in [0.1, 0.15) is 13.2 Å². The summed E-state index contributed by atoms with van der Waals surface area (Å²) in [5, 5.41) is 9.69. The van der Waals surface area contributed by atoms with Gasteiger partial charge in [-0.25, -0.2) is 4.79 Å². The summed E-state index contributed by atoms with van der Waals surface area (Å²) in [4.78, 5) is 37.3. The van der Waals surface area contributed by atoms with Crippen LogP contribution in [0.4, 0.5) is 0 Å². The number of aliphatic carboxylic acids is 1. The highest BCUT2D eigenvalue weighted by atomic mass is 16.7. The van der Waals surface area contributed by atoms with Crippen LogP contribution < -0.4 is 0 Å². The number of carboxylic acids is 1. The fourth-order valence-electron chi connectivity index (χ4n) is 8.33. The molecule has 0 heterocycles. The average Bonchev–Trinajstić information content (AvgIpc) is 3.36. The van der Waals surface area contributed by atoms with E-state index in [2.05, 4.69) is 86.8 Å². The first-order chi connectivity index (χ1) is 35.6. The van der Waals surface area contributed by atoms with E-state index in [1.165, 1.54) is 141 Å². The highest BCUT2D eigenvalue weighted by Gasteiger charge is 2.25. The van der Waals surface area contributed by atoms with E-state index >= 15 is 0 Å². The summed E-state index contributed by atoms with van der Waals surface area (Å²) in [5.41, 5.74) is 0. The van der Waals surface area contributed by atoms with Crippen LogP contribution in [0.2, 0.25) is 0 Å². The van der Waals surface area contributed by atoms with Gasteiger partial charge in [-0.2, -0.15) is 0 Å². The summed E-state index contributed by atoms with van der Waals surface area (Å²) in [6.07, 6.45) is 68.6. The molecule has 0 saturated heterocycles. The lowest BCUT2D eigenvalue weighted by molar-refractivity contribution is -0.870. The molecule has 2 unspecified atom stereocenters. The zero-order valence-corrected chi connectivity index (χ0v) is 48.0. The first-order valence-electron chi connectivity index (χ1n) is 30.1. The van der Waals surface area contributed by atoms with Crippen LogP contribution in [0.25, 0.3) is 0 Å². The Morgan fingerprint density at radius 1 is 0.425 bits per heavy atom. The minimum Gasteiger partial charge on any atom is -0.477 e. The Balaban J connectivity index is 4.05. The Hall–Kier alpha value is -3.27. The van der Waals surface area contributed by atoms with Crippen LogP contribution in [0, 0.1) is 0 Å². The fraction of sp³-hybridized carbons (Fsp3) is 0.766. The Morgan fingerprint density at radius 2 is 0.781 bits per heavy atom. The van der Waals surface area contributed by atoms with Crippen molar-refractivity contribution in [1.82, 2.24) is 0 Å². The van der Waals surface area contributed by atoms with E-state index in [1.807, 2.05) is 21.1 Å². The summed E-state index contributed by atoms with van der Waals surface area (Å²) >= 11 is 0. The molecule has 0 fully saturated rings. The topological polar surface area (TPSA) is 108 Å². The maximum atomic E-state index is 12.9. The van der Waals surface area contributed by atoms with Gasteiger partial charge >= 0.3 is 17.9 Å². The average molecular weight is 1030 g/mol. The molecule has 73 heavy (non-hydrogen) atoms. The molecule has 1 N–H and O–H groups in total. The normalized spacial score (nSPS) is 13.3. The van der Waals surface area contributed by atoms with E-state index in [0.717, 1.165) is 89.9 Å². The fourth-order valence-corrected chi connectivity index (χ4v) is 8.33. The highest BCUT2D eigenvalue weighted by Crippen LogP contribution is 2.17. The van der Waals surface area contributed by atoms with Gasteiger partial charge < -0.3 is 28.5 Å². The zero-order valence-electron chi connectivity index (χ0n) is 48.0. The molecule has 9 heteroatoms. The van der Waals surface area contributed by atoms with Crippen LogP contribution in [-0.2, 0) is 33.3 Å². The molecule has 0 aliphatic heterocycles. The molecule has 0 aliphatic rings. The number of unbranched alkanes of at least 4 members (excludes halogenated alkanes) is 28. The largest absolute Gasteiger partial charge is 0.477 e. The smallest absolute Gasteiger partial charge is 0.361 e. The molecule has 0 rings (SSSR count). The SMILES string of the molecule is CC/C=C\C/C=C\C/C=C\C/C=C\C/C=C\CCCCCCCCCCCCCCCCCCCCCC(=O)OC(COC(=O)CCCCCCC/C=C\CCCCCC)COC(OCC[N+](C)(C)C)C(=O)O. The number of hydrogen-bond acceptors (Lipinski definition) is 7. The second-order valence-electron chi connectivity index (χ2n) is 21.3. The van der Waals surface area contributed by atoms with Gasteiger partial charge in [0.15, 0.2) is 6.10 Å². The lowest BCUT2D eigenvalue weighted by Gasteiger charge is -2.25. The van der Waals surface area contributed by atoms with E-state index in [-0.39, 0.29) is 32.2 Å². The molecular formula is C64H114NO8+. The summed E-state index contributed by atoms with van der Waals surface area (Å²) in [7, 11) is 5.97. The van der Waals surface area contributed by atoms with Crippen LogP contribution in [-0.4, -0.2) is 87.4 Å². The van der Waals surface area contributed by atoms with Crippen LogP contribution in [0.5, 0.6) is 0 Å². The Kier molecular flexibility index (Phi) is 52.5. The molecule has 0 amide bonds. The molecule has 0 radical (unpaired) electrons. The van der Waals surface area contributed by atoms with E-state index in [1.54, 1.807) is 0 Å². The van der Waals surface area contributed by atoms with Gasteiger partial charge in [-0.15, -0.1) is 0 Å². The predicted octanol–water partition coefficient (Wildman–Crippen LogP) is 17.8. The molecule has 0 aromatic rings. The first-order valence-corrected chi connectivity index (χ1v) is 30.1. The van der Waals surface area contributed by atoms with Crippen LogP contribution in [0.1, 0.15) is 258 Å². The molecule has 9 nitrogen and oxygen atoms in total. The quantitative estimate of drug-likeness (QED) is 0.0211. The maximum Gasteiger partial charge on any atom is 0.361 e. The Morgan fingerprint density at radius 3 is 1.18 bits per heavy atom. The molecule has 0 bridgehead atoms. The van der Waals surface area contributed by atoms with Crippen molar-refractivity contribution in [2.75, 3.05) is 47.5 Å². The molecule has 0 spiro atoms. The van der Waals surface area contributed by atoms with Crippen LogP contribution in [0.3, 0.4) is 0 Å². The second-order valence-corrected chi connectivity index (χ2v) is 21.3. The number of carbonyl (C=O) groups excluding carboxylic acids is 2. The zero-order chi connectivity index (χ0) is 53.4. The number of nitrogens with zero attached hydrogens (tertiary/aromatic N) is 1. The molecule has 0 aromatic carbocycles. The third-order valence-electron chi connectivity index (χ3n) is 12.9. The Labute approximate surface area is 449 Å². The van der Waals surface area contributed by atoms with Crippen molar-refractivity contribution in [3.05, 3.63) is 72.9 Å². The van der Waals surface area contributed by atoms with Crippen molar-refractivity contribution in [2.24, 2.45) is 0 Å². The van der Waals surface area contributed by atoms with Crippen molar-refractivity contribution in [3.63, 3.8) is 0 Å². The third kappa shape index (κ3) is 56.3. The van der Waals surface area contributed by atoms with Gasteiger partial charge in [-0.1, -0.05) is 234 Å². The monoisotopic (exact) mass is 1020 g/mol. The second kappa shape index (κ2) is 55.0. The minimum absolute atomic E-state index is 0.185. The molecule has 2 atom stereocenters. The molecule has 0 aliphatic carbocycles. The lowest BCUT2D eigenvalue weighted by Crippen LogP contribution is -2.40. The maximum absolute atomic E-state index is 12.9. The van der Waals surface area contributed by atoms with Gasteiger partial charge in [0.05, 0.1) is 34.4 Å². The standard InChI is InChI=1S/C64H113NO8/c1-6-8-10-12-14-16-18-20-21-22-23-24-25-26-27-28-29-30-31-32-33-34-35-36-37-38-39-40-41-43-45-47-49-51-53-55-62(67)73-60(59-72-64(63(68)69)70-57-56-65(3,4)5)58-71-61(66)54-52-50-48-46-44-42-19-17-15-13-11-9-7-2/h8,10,14,16-17,19-21,23-24,26-27,60,64H,6-7,9,11-13,15,18,22,25,28-59H2,1-5H3/p+1/b10-8-,16-14-,19-17-,21-20-,24-23-,27-26-. The Bertz CT molecular complexity index is 1420. The van der Waals surface area contributed by atoms with Gasteiger partial charge in [-0.3, -0.25) is 9.59 Å². The minimum atomic E-state index is -1.51. The van der Waals surface area contributed by atoms with Crippen molar-refractivity contribution in [1.29, 1.82) is 0 Å². The van der Waals surface area contributed by atoms with Gasteiger partial charge in [0, 0.05) is 12.8 Å². The number of esters is 2. The molecular weight excluding hydrogens is 911 g/mol. The van der Waals surface area contributed by atoms with Crippen molar-refractivity contribution < 1.29 is 42.9 Å². The van der Waals surface area contributed by atoms with Crippen LogP contribution in [0.15, 0.2) is 72.9 Å². The summed E-state index contributed by atoms with van der Waals surface area (Å²) in [6.45, 7) is 4.75. The summed E-state index contributed by atoms with van der Waals surface area (Å²) in [6, 6.07) is 0. The summed E-state index contributed by atoms with van der Waals surface area (Å²) in [5.74, 6) is -2.01. The number of hydrogen-bond donors (Lipinski definition) is 1. The van der Waals surface area contributed by atoms with E-state index in [4.69, 9.17) is 18.9 Å². The number of allylic oxidation sites excluding steroid dienone is 12. The summed E-state index contributed by atoms with van der Waals surface area (Å²) < 4.78 is 22.8. The van der Waals surface area contributed by atoms with E-state index in [9.17, 15) is 19.5 Å².